The lowest BCUT2D eigenvalue weighted by Gasteiger charge is -2.18. The van der Waals surface area contributed by atoms with Crippen LogP contribution in [0.3, 0.4) is 0 Å². The SMILES string of the molecule is Cc1nnc([C@H]2CCCN2)n1C1CCCC1. The Morgan fingerprint density at radius 1 is 1.12 bits per heavy atom. The second-order valence-corrected chi connectivity index (χ2v) is 5.06. The zero-order valence-corrected chi connectivity index (χ0v) is 9.95. The highest BCUT2D eigenvalue weighted by molar-refractivity contribution is 5.05. The van der Waals surface area contributed by atoms with E-state index in [0.717, 1.165) is 12.4 Å². The third-order valence-electron chi connectivity index (χ3n) is 3.95. The summed E-state index contributed by atoms with van der Waals surface area (Å²) in [6, 6.07) is 1.11. The summed E-state index contributed by atoms with van der Waals surface area (Å²) in [5.74, 6) is 2.28. The molecule has 1 aliphatic carbocycles. The van der Waals surface area contributed by atoms with Crippen LogP contribution in [0.4, 0.5) is 0 Å². The first-order valence-electron chi connectivity index (χ1n) is 6.51. The quantitative estimate of drug-likeness (QED) is 0.830. The molecule has 2 heterocycles. The van der Waals surface area contributed by atoms with Gasteiger partial charge in [-0.05, 0) is 39.2 Å². The Kier molecular flexibility index (Phi) is 2.67. The number of aryl methyl sites for hydroxylation is 1. The molecular weight excluding hydrogens is 200 g/mol. The van der Waals surface area contributed by atoms with Gasteiger partial charge in [-0.15, -0.1) is 10.2 Å². The molecule has 88 valence electrons. The van der Waals surface area contributed by atoms with Gasteiger partial charge in [0.25, 0.3) is 0 Å². The monoisotopic (exact) mass is 220 g/mol. The fourth-order valence-electron chi connectivity index (χ4n) is 3.14. The van der Waals surface area contributed by atoms with E-state index in [1.54, 1.807) is 0 Å². The molecule has 1 saturated carbocycles. The molecule has 4 heteroatoms. The molecule has 2 aliphatic rings. The van der Waals surface area contributed by atoms with E-state index in [0.29, 0.717) is 12.1 Å². The Morgan fingerprint density at radius 2 is 1.94 bits per heavy atom. The van der Waals surface area contributed by atoms with Crippen molar-refractivity contribution in [3.63, 3.8) is 0 Å². The summed E-state index contributed by atoms with van der Waals surface area (Å²) in [6.45, 7) is 3.21. The molecule has 0 spiro atoms. The van der Waals surface area contributed by atoms with Gasteiger partial charge in [-0.2, -0.15) is 0 Å². The number of hydrogen-bond donors (Lipinski definition) is 1. The third-order valence-corrected chi connectivity index (χ3v) is 3.95. The summed E-state index contributed by atoms with van der Waals surface area (Å²) >= 11 is 0. The second kappa shape index (κ2) is 4.17. The van der Waals surface area contributed by atoms with Crippen molar-refractivity contribution in [1.82, 2.24) is 20.1 Å². The standard InChI is InChI=1S/C12H20N4/c1-9-14-15-12(11-7-4-8-13-11)16(9)10-5-2-3-6-10/h10-11,13H,2-8H2,1H3/t11-/m1/s1. The lowest BCUT2D eigenvalue weighted by atomic mass is 10.2. The summed E-state index contributed by atoms with van der Waals surface area (Å²) in [6.07, 6.45) is 7.81. The average Bonchev–Trinajstić information content (AvgIpc) is 2.96. The zero-order valence-electron chi connectivity index (χ0n) is 9.95. The highest BCUT2D eigenvalue weighted by Gasteiger charge is 2.27. The van der Waals surface area contributed by atoms with Crippen LogP contribution in [0.15, 0.2) is 0 Å². The molecule has 0 bridgehead atoms. The Balaban J connectivity index is 1.91. The van der Waals surface area contributed by atoms with E-state index < -0.39 is 0 Å². The number of rotatable bonds is 2. The predicted molar refractivity (Wildman–Crippen MR) is 62.2 cm³/mol. The van der Waals surface area contributed by atoms with Gasteiger partial charge in [0, 0.05) is 6.04 Å². The minimum Gasteiger partial charge on any atom is -0.311 e. The highest BCUT2D eigenvalue weighted by Crippen LogP contribution is 2.33. The number of hydrogen-bond acceptors (Lipinski definition) is 3. The normalized spacial score (nSPS) is 26.7. The van der Waals surface area contributed by atoms with Gasteiger partial charge in [-0.1, -0.05) is 12.8 Å². The molecule has 2 fully saturated rings. The van der Waals surface area contributed by atoms with Gasteiger partial charge >= 0.3 is 0 Å². The van der Waals surface area contributed by atoms with Gasteiger partial charge in [-0.25, -0.2) is 0 Å². The molecule has 0 aromatic carbocycles. The summed E-state index contributed by atoms with van der Waals surface area (Å²) in [5, 5.41) is 12.2. The summed E-state index contributed by atoms with van der Waals surface area (Å²) in [7, 11) is 0. The van der Waals surface area contributed by atoms with Crippen molar-refractivity contribution >= 4 is 0 Å². The molecular formula is C12H20N4. The Hall–Kier alpha value is -0.900. The first-order valence-corrected chi connectivity index (χ1v) is 6.51. The van der Waals surface area contributed by atoms with Crippen molar-refractivity contribution in [3.05, 3.63) is 11.6 Å². The molecule has 1 atom stereocenters. The fraction of sp³-hybridized carbons (Fsp3) is 0.833. The minimum absolute atomic E-state index is 0.446. The van der Waals surface area contributed by atoms with E-state index >= 15 is 0 Å². The van der Waals surface area contributed by atoms with Crippen LogP contribution in [0.5, 0.6) is 0 Å². The molecule has 0 amide bonds. The predicted octanol–water partition coefficient (Wildman–Crippen LogP) is 2.13. The molecule has 4 nitrogen and oxygen atoms in total. The van der Waals surface area contributed by atoms with Crippen molar-refractivity contribution in [2.24, 2.45) is 0 Å². The first kappa shape index (κ1) is 10.3. The topological polar surface area (TPSA) is 42.7 Å². The first-order chi connectivity index (χ1) is 7.86. The van der Waals surface area contributed by atoms with Crippen molar-refractivity contribution in [3.8, 4) is 0 Å². The van der Waals surface area contributed by atoms with Gasteiger partial charge in [0.15, 0.2) is 0 Å². The van der Waals surface area contributed by atoms with E-state index in [4.69, 9.17) is 0 Å². The summed E-state index contributed by atoms with van der Waals surface area (Å²) in [4.78, 5) is 0. The smallest absolute Gasteiger partial charge is 0.150 e. The van der Waals surface area contributed by atoms with Crippen LogP contribution in [0.1, 0.15) is 62.3 Å². The lowest BCUT2D eigenvalue weighted by Crippen LogP contribution is -2.20. The van der Waals surface area contributed by atoms with Crippen molar-refractivity contribution in [1.29, 1.82) is 0 Å². The van der Waals surface area contributed by atoms with Crippen LogP contribution in [0.25, 0.3) is 0 Å². The molecule has 16 heavy (non-hydrogen) atoms. The van der Waals surface area contributed by atoms with Crippen LogP contribution in [-0.2, 0) is 0 Å². The molecule has 0 unspecified atom stereocenters. The van der Waals surface area contributed by atoms with E-state index in [9.17, 15) is 0 Å². The fourth-order valence-corrected chi connectivity index (χ4v) is 3.14. The molecule has 3 rings (SSSR count). The van der Waals surface area contributed by atoms with Gasteiger partial charge in [-0.3, -0.25) is 0 Å². The summed E-state index contributed by atoms with van der Waals surface area (Å²) < 4.78 is 2.40. The Morgan fingerprint density at radius 3 is 2.62 bits per heavy atom. The van der Waals surface area contributed by atoms with E-state index in [1.807, 2.05) is 0 Å². The van der Waals surface area contributed by atoms with Crippen LogP contribution >= 0.6 is 0 Å². The van der Waals surface area contributed by atoms with Gasteiger partial charge in [0.05, 0.1) is 6.04 Å². The Bertz CT molecular complexity index is 359. The van der Waals surface area contributed by atoms with E-state index in [2.05, 4.69) is 27.0 Å². The third kappa shape index (κ3) is 1.65. The molecule has 1 aliphatic heterocycles. The Labute approximate surface area is 96.4 Å². The number of nitrogens with zero attached hydrogens (tertiary/aromatic N) is 3. The second-order valence-electron chi connectivity index (χ2n) is 5.06. The van der Waals surface area contributed by atoms with Crippen molar-refractivity contribution in [2.45, 2.75) is 57.5 Å². The van der Waals surface area contributed by atoms with Gasteiger partial charge in [0.1, 0.15) is 11.6 Å². The van der Waals surface area contributed by atoms with Crippen LogP contribution in [0, 0.1) is 6.92 Å². The van der Waals surface area contributed by atoms with Gasteiger partial charge < -0.3 is 9.88 Å². The molecule has 0 radical (unpaired) electrons. The summed E-state index contributed by atoms with van der Waals surface area (Å²) in [5.41, 5.74) is 0. The molecule has 1 N–H and O–H groups in total. The van der Waals surface area contributed by atoms with Gasteiger partial charge in [0.2, 0.25) is 0 Å². The van der Waals surface area contributed by atoms with Crippen LogP contribution in [0.2, 0.25) is 0 Å². The van der Waals surface area contributed by atoms with Crippen molar-refractivity contribution < 1.29 is 0 Å². The van der Waals surface area contributed by atoms with Crippen LogP contribution < -0.4 is 5.32 Å². The average molecular weight is 220 g/mol. The number of aromatic nitrogens is 3. The molecule has 1 saturated heterocycles. The molecule has 1 aromatic heterocycles. The largest absolute Gasteiger partial charge is 0.311 e. The van der Waals surface area contributed by atoms with E-state index in [1.165, 1.54) is 44.3 Å². The minimum atomic E-state index is 0.446. The molecule has 1 aromatic rings. The maximum absolute atomic E-state index is 4.39. The number of nitrogens with one attached hydrogen (secondary N) is 1. The lowest BCUT2D eigenvalue weighted by molar-refractivity contribution is 0.455. The zero-order chi connectivity index (χ0) is 11.0. The maximum Gasteiger partial charge on any atom is 0.150 e. The highest BCUT2D eigenvalue weighted by atomic mass is 15.3. The van der Waals surface area contributed by atoms with Crippen molar-refractivity contribution in [2.75, 3.05) is 6.54 Å². The van der Waals surface area contributed by atoms with Crippen LogP contribution in [-0.4, -0.2) is 21.3 Å². The maximum atomic E-state index is 4.39. The van der Waals surface area contributed by atoms with E-state index in [-0.39, 0.29) is 0 Å².